The second-order valence-corrected chi connectivity index (χ2v) is 6.19. The molecule has 0 spiro atoms. The number of H-pyrrole nitrogens is 1. The zero-order valence-electron chi connectivity index (χ0n) is 11.8. The lowest BCUT2D eigenvalue weighted by Crippen LogP contribution is -2.51. The molecule has 1 aliphatic carbocycles. The summed E-state index contributed by atoms with van der Waals surface area (Å²) in [5.74, 6) is 0.759. The van der Waals surface area contributed by atoms with Crippen molar-refractivity contribution in [3.8, 4) is 0 Å². The first-order chi connectivity index (χ1) is 10.1. The lowest BCUT2D eigenvalue weighted by Gasteiger charge is -2.36. The van der Waals surface area contributed by atoms with E-state index in [4.69, 9.17) is 11.6 Å². The molecule has 114 valence electrons. The molecular formula is C14H19ClN4O2. The highest BCUT2D eigenvalue weighted by atomic mass is 35.5. The van der Waals surface area contributed by atoms with Crippen molar-refractivity contribution in [2.45, 2.75) is 25.7 Å². The minimum Gasteiger partial charge on any atom is -0.358 e. The fourth-order valence-electron chi connectivity index (χ4n) is 3.21. The quantitative estimate of drug-likeness (QED) is 0.912. The molecule has 2 aliphatic rings. The van der Waals surface area contributed by atoms with Crippen LogP contribution in [-0.4, -0.2) is 47.2 Å². The van der Waals surface area contributed by atoms with E-state index in [0.717, 1.165) is 6.54 Å². The van der Waals surface area contributed by atoms with Crippen LogP contribution in [0.25, 0.3) is 0 Å². The van der Waals surface area contributed by atoms with Gasteiger partial charge in [-0.3, -0.25) is 9.59 Å². The van der Waals surface area contributed by atoms with Crippen LogP contribution < -0.4 is 10.5 Å². The molecule has 1 aromatic rings. The first-order valence-electron chi connectivity index (χ1n) is 7.41. The average Bonchev–Trinajstić information content (AvgIpc) is 2.97. The van der Waals surface area contributed by atoms with Crippen molar-refractivity contribution in [2.24, 2.45) is 5.92 Å². The van der Waals surface area contributed by atoms with Crippen LogP contribution in [0.4, 0.5) is 5.69 Å². The number of amides is 1. The Balaban J connectivity index is 1.66. The van der Waals surface area contributed by atoms with E-state index in [0.29, 0.717) is 24.7 Å². The van der Waals surface area contributed by atoms with Gasteiger partial charge in [0, 0.05) is 19.6 Å². The summed E-state index contributed by atoms with van der Waals surface area (Å²) in [5.41, 5.74) is 0.115. The summed E-state index contributed by atoms with van der Waals surface area (Å²) in [7, 11) is 0. The Hall–Kier alpha value is -1.56. The normalized spacial score (nSPS) is 20.3. The zero-order chi connectivity index (χ0) is 14.8. The van der Waals surface area contributed by atoms with E-state index in [1.54, 1.807) is 0 Å². The smallest absolute Gasteiger partial charge is 0.285 e. The molecule has 2 heterocycles. The first kappa shape index (κ1) is 14.4. The van der Waals surface area contributed by atoms with Crippen LogP contribution in [0.5, 0.6) is 0 Å². The van der Waals surface area contributed by atoms with Crippen molar-refractivity contribution in [3.05, 3.63) is 21.6 Å². The molecule has 7 heteroatoms. The number of aromatic nitrogens is 2. The summed E-state index contributed by atoms with van der Waals surface area (Å²) < 4.78 is 0. The number of anilines is 1. The highest BCUT2D eigenvalue weighted by Crippen LogP contribution is 2.27. The number of nitrogens with zero attached hydrogens (tertiary/aromatic N) is 3. The van der Waals surface area contributed by atoms with Crippen LogP contribution in [0, 0.1) is 5.92 Å². The summed E-state index contributed by atoms with van der Waals surface area (Å²) in [6, 6.07) is 0. The van der Waals surface area contributed by atoms with Crippen molar-refractivity contribution in [1.29, 1.82) is 0 Å². The van der Waals surface area contributed by atoms with Crippen molar-refractivity contribution in [2.75, 3.05) is 31.1 Å². The van der Waals surface area contributed by atoms with Crippen molar-refractivity contribution >= 4 is 23.2 Å². The predicted octanol–water partition coefficient (Wildman–Crippen LogP) is 1.26. The molecule has 3 rings (SSSR count). The van der Waals surface area contributed by atoms with Crippen LogP contribution >= 0.6 is 11.6 Å². The van der Waals surface area contributed by atoms with Gasteiger partial charge < -0.3 is 9.80 Å². The van der Waals surface area contributed by atoms with Crippen LogP contribution in [0.1, 0.15) is 25.7 Å². The molecule has 0 aromatic carbocycles. The van der Waals surface area contributed by atoms with E-state index in [2.05, 4.69) is 10.2 Å². The minimum absolute atomic E-state index is 0.0991. The van der Waals surface area contributed by atoms with Crippen molar-refractivity contribution in [1.82, 2.24) is 15.1 Å². The van der Waals surface area contributed by atoms with Gasteiger partial charge in [-0.1, -0.05) is 24.4 Å². The summed E-state index contributed by atoms with van der Waals surface area (Å²) >= 11 is 6.00. The summed E-state index contributed by atoms with van der Waals surface area (Å²) in [6.07, 6.45) is 6.54. The fraction of sp³-hybridized carbons (Fsp3) is 0.643. The average molecular weight is 311 g/mol. The Morgan fingerprint density at radius 1 is 1.29 bits per heavy atom. The van der Waals surface area contributed by atoms with Gasteiger partial charge in [-0.15, -0.1) is 0 Å². The monoisotopic (exact) mass is 310 g/mol. The Bertz CT molecular complexity index is 583. The molecule has 1 N–H and O–H groups in total. The second-order valence-electron chi connectivity index (χ2n) is 5.81. The number of carbonyl (C=O) groups is 1. The molecule has 1 amide bonds. The molecule has 1 aliphatic heterocycles. The number of halogens is 1. The molecule has 1 aromatic heterocycles. The van der Waals surface area contributed by atoms with Gasteiger partial charge in [-0.2, -0.15) is 5.10 Å². The van der Waals surface area contributed by atoms with Crippen LogP contribution in [0.3, 0.4) is 0 Å². The molecule has 6 nitrogen and oxygen atoms in total. The van der Waals surface area contributed by atoms with Gasteiger partial charge in [-0.05, 0) is 18.8 Å². The van der Waals surface area contributed by atoms with Crippen LogP contribution in [-0.2, 0) is 4.79 Å². The standard InChI is InChI=1S/C14H19ClN4O2/c15-13-11(7-16-17-14(13)21)18-5-6-19(12(20)9-18)8-10-3-1-2-4-10/h7,10H,1-6,8-9H2,(H,17,21). The molecule has 0 radical (unpaired) electrons. The summed E-state index contributed by atoms with van der Waals surface area (Å²) in [5, 5.41) is 6.15. The molecule has 21 heavy (non-hydrogen) atoms. The van der Waals surface area contributed by atoms with E-state index in [1.807, 2.05) is 9.80 Å². The van der Waals surface area contributed by atoms with Crippen molar-refractivity contribution in [3.63, 3.8) is 0 Å². The minimum atomic E-state index is -0.421. The Labute approximate surface area is 128 Å². The van der Waals surface area contributed by atoms with E-state index < -0.39 is 5.56 Å². The number of carbonyl (C=O) groups excluding carboxylic acids is 1. The van der Waals surface area contributed by atoms with Gasteiger partial charge in [0.15, 0.2) is 0 Å². The number of rotatable bonds is 3. The third kappa shape index (κ3) is 3.05. The highest BCUT2D eigenvalue weighted by molar-refractivity contribution is 6.33. The lowest BCUT2D eigenvalue weighted by atomic mass is 10.1. The predicted molar refractivity (Wildman–Crippen MR) is 80.6 cm³/mol. The largest absolute Gasteiger partial charge is 0.358 e. The number of hydrogen-bond acceptors (Lipinski definition) is 4. The summed E-state index contributed by atoms with van der Waals surface area (Å²) in [6.45, 7) is 2.49. The van der Waals surface area contributed by atoms with E-state index >= 15 is 0 Å². The fourth-order valence-corrected chi connectivity index (χ4v) is 3.42. The molecule has 2 fully saturated rings. The molecule has 0 unspecified atom stereocenters. The van der Waals surface area contributed by atoms with E-state index in [-0.39, 0.29) is 17.5 Å². The van der Waals surface area contributed by atoms with Crippen LogP contribution in [0.2, 0.25) is 5.02 Å². The van der Waals surface area contributed by atoms with Gasteiger partial charge >= 0.3 is 0 Å². The van der Waals surface area contributed by atoms with Gasteiger partial charge in [0.25, 0.3) is 5.56 Å². The Morgan fingerprint density at radius 2 is 2.05 bits per heavy atom. The second kappa shape index (κ2) is 6.05. The Morgan fingerprint density at radius 3 is 2.76 bits per heavy atom. The molecule has 1 saturated heterocycles. The maximum absolute atomic E-state index is 12.3. The topological polar surface area (TPSA) is 69.3 Å². The summed E-state index contributed by atoms with van der Waals surface area (Å²) in [4.78, 5) is 27.6. The molecule has 0 bridgehead atoms. The van der Waals surface area contributed by atoms with E-state index in [9.17, 15) is 9.59 Å². The van der Waals surface area contributed by atoms with Gasteiger partial charge in [0.1, 0.15) is 5.02 Å². The third-order valence-electron chi connectivity index (χ3n) is 4.39. The first-order valence-corrected chi connectivity index (χ1v) is 7.79. The highest BCUT2D eigenvalue weighted by Gasteiger charge is 2.28. The van der Waals surface area contributed by atoms with Gasteiger partial charge in [0.05, 0.1) is 18.4 Å². The van der Waals surface area contributed by atoms with Gasteiger partial charge in [-0.25, -0.2) is 5.10 Å². The number of hydrogen-bond donors (Lipinski definition) is 1. The molecule has 1 saturated carbocycles. The SMILES string of the molecule is O=C1CN(c2cn[nH]c(=O)c2Cl)CCN1CC1CCCC1. The zero-order valence-corrected chi connectivity index (χ0v) is 12.6. The van der Waals surface area contributed by atoms with Gasteiger partial charge in [0.2, 0.25) is 5.91 Å². The maximum atomic E-state index is 12.3. The number of aromatic amines is 1. The molecule has 0 atom stereocenters. The third-order valence-corrected chi connectivity index (χ3v) is 4.76. The lowest BCUT2D eigenvalue weighted by molar-refractivity contribution is -0.131. The van der Waals surface area contributed by atoms with Crippen molar-refractivity contribution < 1.29 is 4.79 Å². The maximum Gasteiger partial charge on any atom is 0.285 e. The number of piperazine rings is 1. The molecular weight excluding hydrogens is 292 g/mol. The van der Waals surface area contributed by atoms with E-state index in [1.165, 1.54) is 31.9 Å². The Kier molecular flexibility index (Phi) is 4.14. The van der Waals surface area contributed by atoms with Crippen LogP contribution in [0.15, 0.2) is 11.0 Å². The number of nitrogens with one attached hydrogen (secondary N) is 1.